The van der Waals surface area contributed by atoms with Crippen LogP contribution in [-0.4, -0.2) is 67.3 Å². The molecule has 0 bridgehead atoms. The number of anilines is 2. The molecule has 0 atom stereocenters. The van der Waals surface area contributed by atoms with Crippen LogP contribution in [0.2, 0.25) is 0 Å². The van der Waals surface area contributed by atoms with Gasteiger partial charge in [0, 0.05) is 58.9 Å². The lowest BCUT2D eigenvalue weighted by Gasteiger charge is -2.36. The maximum Gasteiger partial charge on any atom is 0.416 e. The Morgan fingerprint density at radius 2 is 1.16 bits per heavy atom. The molecule has 0 saturated carbocycles. The van der Waals surface area contributed by atoms with Crippen LogP contribution in [0.25, 0.3) is 0 Å². The summed E-state index contributed by atoms with van der Waals surface area (Å²) in [5.74, 6) is 0. The van der Waals surface area contributed by atoms with E-state index in [0.717, 1.165) is 61.0 Å². The Kier molecular flexibility index (Phi) is 9.88. The standard InChI is InChI=1S/C22H26F3N3OS.C13H10S/c23-22(24,25)17-6-7-21-19(16-17)28(18-4-1-2-5-20(18)30-21)9-3-8-26-10-12-27(13-11-26)14-15-29;1-3-7-12-10(5-1)9-11-6-2-4-8-13(11)14-12/h1-2,4-7,16,29H,3,8-15H2;1-8H,9H2. The molecule has 230 valence electrons. The molecule has 4 aromatic carbocycles. The highest BCUT2D eigenvalue weighted by Gasteiger charge is 2.33. The molecule has 0 amide bonds. The number of benzene rings is 4. The molecular formula is C35H36F3N3OS2. The summed E-state index contributed by atoms with van der Waals surface area (Å²) in [4.78, 5) is 11.4. The Morgan fingerprint density at radius 3 is 1.80 bits per heavy atom. The lowest BCUT2D eigenvalue weighted by atomic mass is 10.0. The van der Waals surface area contributed by atoms with Gasteiger partial charge in [0.05, 0.1) is 23.5 Å². The van der Waals surface area contributed by atoms with Crippen molar-refractivity contribution in [3.05, 3.63) is 108 Å². The van der Waals surface area contributed by atoms with Crippen LogP contribution >= 0.6 is 23.5 Å². The first-order chi connectivity index (χ1) is 21.4. The van der Waals surface area contributed by atoms with Crippen molar-refractivity contribution in [3.8, 4) is 0 Å². The number of nitrogens with zero attached hydrogens (tertiary/aromatic N) is 3. The van der Waals surface area contributed by atoms with E-state index in [2.05, 4.69) is 58.3 Å². The number of alkyl halides is 3. The van der Waals surface area contributed by atoms with Gasteiger partial charge in [-0.2, -0.15) is 13.2 Å². The molecular weight excluding hydrogens is 600 g/mol. The summed E-state index contributed by atoms with van der Waals surface area (Å²) < 4.78 is 39.9. The van der Waals surface area contributed by atoms with Crippen molar-refractivity contribution in [2.24, 2.45) is 0 Å². The van der Waals surface area contributed by atoms with Gasteiger partial charge < -0.3 is 14.9 Å². The molecule has 1 fully saturated rings. The van der Waals surface area contributed by atoms with Crippen LogP contribution in [-0.2, 0) is 12.6 Å². The molecule has 0 radical (unpaired) electrons. The molecule has 4 nitrogen and oxygen atoms in total. The average molecular weight is 636 g/mol. The minimum absolute atomic E-state index is 0.186. The van der Waals surface area contributed by atoms with E-state index in [1.807, 2.05) is 40.9 Å². The fourth-order valence-electron chi connectivity index (χ4n) is 5.90. The summed E-state index contributed by atoms with van der Waals surface area (Å²) in [6.45, 7) is 6.29. The highest BCUT2D eigenvalue weighted by molar-refractivity contribution is 8.00. The third kappa shape index (κ3) is 7.29. The van der Waals surface area contributed by atoms with Gasteiger partial charge in [-0.3, -0.25) is 4.90 Å². The quantitative estimate of drug-likeness (QED) is 0.203. The third-order valence-electron chi connectivity index (χ3n) is 8.24. The fraction of sp³-hybridized carbons (Fsp3) is 0.314. The molecule has 0 spiro atoms. The van der Waals surface area contributed by atoms with Crippen molar-refractivity contribution in [1.29, 1.82) is 0 Å². The highest BCUT2D eigenvalue weighted by atomic mass is 32.2. The van der Waals surface area contributed by atoms with Crippen LogP contribution in [0.1, 0.15) is 23.1 Å². The van der Waals surface area contributed by atoms with E-state index >= 15 is 0 Å². The van der Waals surface area contributed by atoms with Crippen molar-refractivity contribution >= 4 is 34.9 Å². The van der Waals surface area contributed by atoms with Crippen LogP contribution in [0.5, 0.6) is 0 Å². The number of aliphatic hydroxyl groups excluding tert-OH is 1. The summed E-state index contributed by atoms with van der Waals surface area (Å²) in [5.41, 5.74) is 3.92. The maximum atomic E-state index is 13.3. The van der Waals surface area contributed by atoms with Gasteiger partial charge in [-0.05, 0) is 73.0 Å². The fourth-order valence-corrected chi connectivity index (χ4v) is 8.05. The van der Waals surface area contributed by atoms with Crippen molar-refractivity contribution < 1.29 is 18.3 Å². The highest BCUT2D eigenvalue weighted by Crippen LogP contribution is 2.49. The number of fused-ring (bicyclic) bond motifs is 4. The first kappa shape index (κ1) is 31.0. The summed E-state index contributed by atoms with van der Waals surface area (Å²) in [5, 5.41) is 9.07. The molecule has 0 aromatic heterocycles. The summed E-state index contributed by atoms with van der Waals surface area (Å²) in [7, 11) is 0. The van der Waals surface area contributed by atoms with Crippen LogP contribution in [0.15, 0.2) is 111 Å². The van der Waals surface area contributed by atoms with Crippen LogP contribution in [0, 0.1) is 0 Å². The molecule has 3 aliphatic heterocycles. The molecule has 4 aromatic rings. The van der Waals surface area contributed by atoms with Crippen LogP contribution < -0.4 is 4.90 Å². The zero-order valence-electron chi connectivity index (χ0n) is 24.5. The van der Waals surface area contributed by atoms with Gasteiger partial charge in [0.1, 0.15) is 0 Å². The molecule has 7 rings (SSSR count). The number of hydrogen-bond acceptors (Lipinski definition) is 6. The third-order valence-corrected chi connectivity index (χ3v) is 10.6. The zero-order valence-corrected chi connectivity index (χ0v) is 26.1. The Hall–Kier alpha value is -2.95. The van der Waals surface area contributed by atoms with E-state index in [-0.39, 0.29) is 6.61 Å². The molecule has 3 heterocycles. The van der Waals surface area contributed by atoms with E-state index in [1.54, 1.807) is 6.07 Å². The first-order valence-electron chi connectivity index (χ1n) is 15.0. The van der Waals surface area contributed by atoms with Crippen molar-refractivity contribution in [2.45, 2.75) is 38.6 Å². The van der Waals surface area contributed by atoms with Gasteiger partial charge in [0.15, 0.2) is 0 Å². The van der Waals surface area contributed by atoms with Crippen LogP contribution in [0.3, 0.4) is 0 Å². The first-order valence-corrected chi connectivity index (χ1v) is 16.7. The number of para-hydroxylation sites is 1. The van der Waals surface area contributed by atoms with E-state index in [4.69, 9.17) is 5.11 Å². The predicted octanol–water partition coefficient (Wildman–Crippen LogP) is 8.05. The second-order valence-electron chi connectivity index (χ2n) is 11.2. The van der Waals surface area contributed by atoms with Gasteiger partial charge in [0.2, 0.25) is 0 Å². The summed E-state index contributed by atoms with van der Waals surface area (Å²) in [6, 6.07) is 29.3. The summed E-state index contributed by atoms with van der Waals surface area (Å²) >= 11 is 3.41. The van der Waals surface area contributed by atoms with Crippen molar-refractivity contribution in [2.75, 3.05) is 57.3 Å². The Bertz CT molecular complexity index is 1490. The number of aliphatic hydroxyl groups is 1. The predicted molar refractivity (Wildman–Crippen MR) is 173 cm³/mol. The number of rotatable bonds is 6. The number of β-amino-alcohol motifs (C(OH)–C–C–N with tert-alkyl or cyclic N) is 1. The average Bonchev–Trinajstić information content (AvgIpc) is 3.04. The molecule has 1 N–H and O–H groups in total. The minimum Gasteiger partial charge on any atom is -0.395 e. The van der Waals surface area contributed by atoms with Gasteiger partial charge in [-0.15, -0.1) is 0 Å². The number of halogens is 3. The second-order valence-corrected chi connectivity index (χ2v) is 13.3. The van der Waals surface area contributed by atoms with E-state index in [0.29, 0.717) is 18.8 Å². The molecule has 0 aliphatic carbocycles. The van der Waals surface area contributed by atoms with Crippen molar-refractivity contribution in [3.63, 3.8) is 0 Å². The smallest absolute Gasteiger partial charge is 0.395 e. The SMILES string of the molecule is OCCN1CCN(CCCN2c3ccccc3Sc3ccc(C(F)(F)F)cc32)CC1.c1ccc2c(c1)Cc1ccccc1S2. The maximum absolute atomic E-state index is 13.3. The van der Waals surface area contributed by atoms with Gasteiger partial charge in [0.25, 0.3) is 0 Å². The van der Waals surface area contributed by atoms with Crippen LogP contribution in [0.4, 0.5) is 24.5 Å². The Labute approximate surface area is 265 Å². The zero-order chi connectivity index (χ0) is 30.5. The van der Waals surface area contributed by atoms with Gasteiger partial charge in [-0.25, -0.2) is 0 Å². The molecule has 3 aliphatic rings. The van der Waals surface area contributed by atoms with E-state index in [9.17, 15) is 13.2 Å². The monoisotopic (exact) mass is 635 g/mol. The second kappa shape index (κ2) is 14.0. The lowest BCUT2D eigenvalue weighted by molar-refractivity contribution is -0.137. The van der Waals surface area contributed by atoms with Gasteiger partial charge >= 0.3 is 6.18 Å². The van der Waals surface area contributed by atoms with E-state index in [1.165, 1.54) is 44.8 Å². The largest absolute Gasteiger partial charge is 0.416 e. The minimum atomic E-state index is -4.35. The Morgan fingerprint density at radius 1 is 0.614 bits per heavy atom. The van der Waals surface area contributed by atoms with Crippen molar-refractivity contribution in [1.82, 2.24) is 9.80 Å². The molecule has 9 heteroatoms. The number of piperazine rings is 1. The van der Waals surface area contributed by atoms with Gasteiger partial charge in [-0.1, -0.05) is 72.1 Å². The molecule has 0 unspecified atom stereocenters. The molecule has 1 saturated heterocycles. The topological polar surface area (TPSA) is 30.0 Å². The number of hydrogen-bond donors (Lipinski definition) is 1. The normalized spacial score (nSPS) is 16.2. The Balaban J connectivity index is 0.000000202. The van der Waals surface area contributed by atoms with E-state index < -0.39 is 11.7 Å². The lowest BCUT2D eigenvalue weighted by Crippen LogP contribution is -2.47. The molecule has 44 heavy (non-hydrogen) atoms. The summed E-state index contributed by atoms with van der Waals surface area (Å²) in [6.07, 6.45) is -2.40.